The Balaban J connectivity index is 2.23. The normalized spacial score (nSPS) is 12.0. The first-order valence-electron chi connectivity index (χ1n) is 6.57. The number of halogens is 1. The Hall–Kier alpha value is -2.01. The van der Waals surface area contributed by atoms with E-state index in [-0.39, 0.29) is 6.04 Å². The van der Waals surface area contributed by atoms with Gasteiger partial charge in [-0.1, -0.05) is 11.6 Å². The summed E-state index contributed by atoms with van der Waals surface area (Å²) in [6.45, 7) is 4.01. The van der Waals surface area contributed by atoms with Gasteiger partial charge in [0.1, 0.15) is 0 Å². The van der Waals surface area contributed by atoms with Crippen molar-refractivity contribution >= 4 is 23.3 Å². The van der Waals surface area contributed by atoms with E-state index in [1.165, 1.54) is 7.11 Å². The van der Waals surface area contributed by atoms with Crippen molar-refractivity contribution < 1.29 is 9.53 Å². The monoisotopic (exact) mass is 307 g/mol. The Morgan fingerprint density at radius 1 is 1.48 bits per heavy atom. The second-order valence-electron chi connectivity index (χ2n) is 4.90. The predicted molar refractivity (Wildman–Crippen MR) is 82.8 cm³/mol. The third-order valence-corrected chi connectivity index (χ3v) is 3.60. The molecule has 0 amide bonds. The number of hydrogen-bond acceptors (Lipinski definition) is 4. The SMILES string of the molecule is COC(=O)c1cc(NC(C)c2cn(C)nc2C)ccc1Cl. The van der Waals surface area contributed by atoms with Gasteiger partial charge in [-0.15, -0.1) is 0 Å². The van der Waals surface area contributed by atoms with E-state index in [2.05, 4.69) is 10.4 Å². The van der Waals surface area contributed by atoms with Crippen LogP contribution in [-0.2, 0) is 11.8 Å². The molecule has 1 aromatic carbocycles. The zero-order chi connectivity index (χ0) is 15.6. The second kappa shape index (κ2) is 6.18. The number of nitrogens with one attached hydrogen (secondary N) is 1. The van der Waals surface area contributed by atoms with Gasteiger partial charge in [-0.3, -0.25) is 4.68 Å². The fourth-order valence-corrected chi connectivity index (χ4v) is 2.45. The van der Waals surface area contributed by atoms with Crippen LogP contribution in [0.3, 0.4) is 0 Å². The Labute approximate surface area is 128 Å². The average Bonchev–Trinajstić information content (AvgIpc) is 2.79. The number of hydrogen-bond donors (Lipinski definition) is 1. The number of esters is 1. The lowest BCUT2D eigenvalue weighted by Gasteiger charge is -2.15. The van der Waals surface area contributed by atoms with Crippen LogP contribution in [0.25, 0.3) is 0 Å². The molecular weight excluding hydrogens is 290 g/mol. The highest BCUT2D eigenvalue weighted by Crippen LogP contribution is 2.25. The molecule has 0 aliphatic carbocycles. The molecule has 0 aliphatic rings. The molecule has 21 heavy (non-hydrogen) atoms. The van der Waals surface area contributed by atoms with Gasteiger partial charge in [0.25, 0.3) is 0 Å². The molecule has 2 rings (SSSR count). The number of aromatic nitrogens is 2. The molecular formula is C15H18ClN3O2. The third kappa shape index (κ3) is 3.36. The van der Waals surface area contributed by atoms with Crippen LogP contribution in [0.15, 0.2) is 24.4 Å². The van der Waals surface area contributed by atoms with E-state index in [0.717, 1.165) is 16.9 Å². The summed E-state index contributed by atoms with van der Waals surface area (Å²) >= 11 is 6.01. The van der Waals surface area contributed by atoms with Crippen LogP contribution in [0.1, 0.15) is 34.6 Å². The van der Waals surface area contributed by atoms with Crippen LogP contribution in [0.4, 0.5) is 5.69 Å². The number of benzene rings is 1. The van der Waals surface area contributed by atoms with Crippen LogP contribution in [-0.4, -0.2) is 22.9 Å². The maximum absolute atomic E-state index is 11.7. The van der Waals surface area contributed by atoms with E-state index in [4.69, 9.17) is 16.3 Å². The van der Waals surface area contributed by atoms with Gasteiger partial charge in [-0.25, -0.2) is 4.79 Å². The molecule has 5 nitrogen and oxygen atoms in total. The minimum absolute atomic E-state index is 0.0605. The number of aryl methyl sites for hydroxylation is 2. The molecule has 0 fully saturated rings. The quantitative estimate of drug-likeness (QED) is 0.880. The topological polar surface area (TPSA) is 56.1 Å². The molecule has 112 valence electrons. The zero-order valence-corrected chi connectivity index (χ0v) is 13.2. The Morgan fingerprint density at radius 2 is 2.19 bits per heavy atom. The van der Waals surface area contributed by atoms with Gasteiger partial charge < -0.3 is 10.1 Å². The van der Waals surface area contributed by atoms with Crippen LogP contribution in [0.2, 0.25) is 5.02 Å². The lowest BCUT2D eigenvalue weighted by molar-refractivity contribution is 0.0601. The van der Waals surface area contributed by atoms with Gasteiger partial charge in [-0.2, -0.15) is 5.10 Å². The first-order chi connectivity index (χ1) is 9.92. The fourth-order valence-electron chi connectivity index (χ4n) is 2.25. The molecule has 6 heteroatoms. The Kier molecular flexibility index (Phi) is 4.53. The van der Waals surface area contributed by atoms with Crippen LogP contribution in [0, 0.1) is 6.92 Å². The molecule has 1 unspecified atom stereocenters. The largest absolute Gasteiger partial charge is 0.465 e. The predicted octanol–water partition coefficient (Wildman–Crippen LogP) is 3.34. The van der Waals surface area contributed by atoms with E-state index in [1.807, 2.05) is 33.2 Å². The number of carbonyl (C=O) groups is 1. The van der Waals surface area contributed by atoms with Crippen LogP contribution >= 0.6 is 11.6 Å². The number of ether oxygens (including phenoxy) is 1. The molecule has 0 bridgehead atoms. The summed E-state index contributed by atoms with van der Waals surface area (Å²) in [7, 11) is 3.22. The molecule has 0 spiro atoms. The first-order valence-corrected chi connectivity index (χ1v) is 6.94. The fraction of sp³-hybridized carbons (Fsp3) is 0.333. The van der Waals surface area contributed by atoms with Crippen LogP contribution < -0.4 is 5.32 Å². The van der Waals surface area contributed by atoms with E-state index < -0.39 is 5.97 Å². The highest BCUT2D eigenvalue weighted by molar-refractivity contribution is 6.33. The standard InChI is InChI=1S/C15H18ClN3O2/c1-9(13-8-19(3)18-10(13)2)17-11-5-6-14(16)12(7-11)15(20)21-4/h5-9,17H,1-4H3. The van der Waals surface area contributed by atoms with Gasteiger partial charge >= 0.3 is 5.97 Å². The molecule has 0 saturated carbocycles. The minimum Gasteiger partial charge on any atom is -0.465 e. The molecule has 0 aliphatic heterocycles. The Bertz CT molecular complexity index is 667. The van der Waals surface area contributed by atoms with E-state index in [0.29, 0.717) is 10.6 Å². The van der Waals surface area contributed by atoms with Crippen molar-refractivity contribution in [3.8, 4) is 0 Å². The van der Waals surface area contributed by atoms with Gasteiger partial charge in [0, 0.05) is 24.5 Å². The summed E-state index contributed by atoms with van der Waals surface area (Å²) in [6.07, 6.45) is 1.98. The average molecular weight is 308 g/mol. The molecule has 0 radical (unpaired) electrons. The second-order valence-corrected chi connectivity index (χ2v) is 5.30. The third-order valence-electron chi connectivity index (χ3n) is 3.27. The molecule has 1 atom stereocenters. The van der Waals surface area contributed by atoms with Gasteiger partial charge in [0.05, 0.1) is 29.4 Å². The lowest BCUT2D eigenvalue weighted by atomic mass is 10.1. The van der Waals surface area contributed by atoms with Crippen molar-refractivity contribution in [3.05, 3.63) is 46.2 Å². The molecule has 0 saturated heterocycles. The summed E-state index contributed by atoms with van der Waals surface area (Å²) in [4.78, 5) is 11.7. The molecule has 1 heterocycles. The van der Waals surface area contributed by atoms with Crippen molar-refractivity contribution in [1.29, 1.82) is 0 Å². The summed E-state index contributed by atoms with van der Waals surface area (Å²) in [5.74, 6) is -0.450. The van der Waals surface area contributed by atoms with Crippen molar-refractivity contribution in [2.45, 2.75) is 19.9 Å². The number of carbonyl (C=O) groups excluding carboxylic acids is 1. The van der Waals surface area contributed by atoms with Gasteiger partial charge in [-0.05, 0) is 32.0 Å². The van der Waals surface area contributed by atoms with E-state index >= 15 is 0 Å². The maximum Gasteiger partial charge on any atom is 0.339 e. The zero-order valence-electron chi connectivity index (χ0n) is 12.5. The van der Waals surface area contributed by atoms with Gasteiger partial charge in [0.2, 0.25) is 0 Å². The number of rotatable bonds is 4. The Morgan fingerprint density at radius 3 is 2.76 bits per heavy atom. The molecule has 2 aromatic rings. The van der Waals surface area contributed by atoms with Crippen molar-refractivity contribution in [3.63, 3.8) is 0 Å². The van der Waals surface area contributed by atoms with E-state index in [9.17, 15) is 4.79 Å². The summed E-state index contributed by atoms with van der Waals surface area (Å²) in [6, 6.07) is 5.26. The summed E-state index contributed by atoms with van der Waals surface area (Å²) in [5.41, 5.74) is 3.22. The lowest BCUT2D eigenvalue weighted by Crippen LogP contribution is -2.09. The highest BCUT2D eigenvalue weighted by Gasteiger charge is 2.15. The molecule has 1 aromatic heterocycles. The van der Waals surface area contributed by atoms with Crippen molar-refractivity contribution in [2.24, 2.45) is 7.05 Å². The maximum atomic E-state index is 11.7. The van der Waals surface area contributed by atoms with Crippen molar-refractivity contribution in [1.82, 2.24) is 9.78 Å². The number of methoxy groups -OCH3 is 1. The van der Waals surface area contributed by atoms with Crippen molar-refractivity contribution in [2.75, 3.05) is 12.4 Å². The highest BCUT2D eigenvalue weighted by atomic mass is 35.5. The molecule has 1 N–H and O–H groups in total. The first kappa shape index (κ1) is 15.4. The number of nitrogens with zero attached hydrogens (tertiary/aromatic N) is 2. The van der Waals surface area contributed by atoms with E-state index in [1.54, 1.807) is 16.8 Å². The van der Waals surface area contributed by atoms with Crippen LogP contribution in [0.5, 0.6) is 0 Å². The van der Waals surface area contributed by atoms with Gasteiger partial charge in [0.15, 0.2) is 0 Å². The summed E-state index contributed by atoms with van der Waals surface area (Å²) in [5, 5.41) is 8.04. The number of anilines is 1. The summed E-state index contributed by atoms with van der Waals surface area (Å²) < 4.78 is 6.50. The minimum atomic E-state index is -0.450. The smallest absolute Gasteiger partial charge is 0.339 e.